The summed E-state index contributed by atoms with van der Waals surface area (Å²) < 4.78 is 4.60. The van der Waals surface area contributed by atoms with E-state index in [9.17, 15) is 14.4 Å². The monoisotopic (exact) mass is 327 g/mol. The second-order valence-corrected chi connectivity index (χ2v) is 6.05. The van der Waals surface area contributed by atoms with Crippen molar-refractivity contribution < 1.29 is 24.2 Å². The number of anilines is 1. The first-order valence-corrected chi connectivity index (χ1v) is 6.92. The summed E-state index contributed by atoms with van der Waals surface area (Å²) in [7, 11) is 1.23. The molecule has 2 N–H and O–H groups in total. The predicted octanol–water partition coefficient (Wildman–Crippen LogP) is 2.96. The number of benzene rings is 1. The van der Waals surface area contributed by atoms with Crippen LogP contribution in [0.2, 0.25) is 5.02 Å². The molecule has 0 bridgehead atoms. The molecule has 0 fully saturated rings. The zero-order chi connectivity index (χ0) is 16.9. The number of esters is 1. The van der Waals surface area contributed by atoms with E-state index in [1.807, 2.05) is 0 Å². The molecule has 0 spiro atoms. The lowest BCUT2D eigenvalue weighted by Crippen LogP contribution is -2.24. The Kier molecular flexibility index (Phi) is 5.93. The minimum atomic E-state index is -0.961. The minimum absolute atomic E-state index is 0.0372. The lowest BCUT2D eigenvalue weighted by atomic mass is 9.85. The van der Waals surface area contributed by atoms with Crippen LogP contribution in [0.4, 0.5) is 5.69 Å². The van der Waals surface area contributed by atoms with E-state index < -0.39 is 17.4 Å². The summed E-state index contributed by atoms with van der Waals surface area (Å²) in [6.45, 7) is 3.39. The molecule has 0 unspecified atom stereocenters. The highest BCUT2D eigenvalue weighted by Crippen LogP contribution is 2.26. The number of rotatable bonds is 6. The van der Waals surface area contributed by atoms with Crippen LogP contribution >= 0.6 is 11.6 Å². The molecule has 0 radical (unpaired) electrons. The minimum Gasteiger partial charge on any atom is -0.481 e. The van der Waals surface area contributed by atoms with Gasteiger partial charge in [0.1, 0.15) is 0 Å². The number of ether oxygens (including phenoxy) is 1. The van der Waals surface area contributed by atoms with Gasteiger partial charge in [0, 0.05) is 12.1 Å². The molecule has 0 aliphatic rings. The topological polar surface area (TPSA) is 92.7 Å². The molecule has 0 saturated heterocycles. The van der Waals surface area contributed by atoms with Crippen molar-refractivity contribution in [2.45, 2.75) is 26.7 Å². The molecule has 0 aliphatic carbocycles. The fraction of sp³-hybridized carbons (Fsp3) is 0.400. The van der Waals surface area contributed by atoms with Crippen molar-refractivity contribution in [1.82, 2.24) is 0 Å². The molecule has 22 heavy (non-hydrogen) atoms. The van der Waals surface area contributed by atoms with Crippen molar-refractivity contribution >= 4 is 35.1 Å². The molecule has 6 nitrogen and oxygen atoms in total. The molecule has 0 aliphatic heterocycles. The third kappa shape index (κ3) is 5.37. The summed E-state index contributed by atoms with van der Waals surface area (Å²) in [5.74, 6) is -1.91. The Labute approximate surface area is 133 Å². The van der Waals surface area contributed by atoms with Crippen molar-refractivity contribution in [1.29, 1.82) is 0 Å². The number of carboxylic acids is 1. The molecular formula is C15H18ClNO5. The maximum Gasteiger partial charge on any atom is 0.339 e. The number of carboxylic acid groups (broad SMARTS) is 1. The molecular weight excluding hydrogens is 310 g/mol. The quantitative estimate of drug-likeness (QED) is 0.783. The molecule has 0 saturated carbocycles. The van der Waals surface area contributed by atoms with Gasteiger partial charge in [0.25, 0.3) is 0 Å². The molecule has 120 valence electrons. The van der Waals surface area contributed by atoms with Gasteiger partial charge in [-0.2, -0.15) is 0 Å². The SMILES string of the molecule is COC(=O)c1cc(NC(=O)CC(C)(C)CC(=O)O)ccc1Cl. The molecule has 0 aromatic heterocycles. The van der Waals surface area contributed by atoms with E-state index in [0.29, 0.717) is 5.69 Å². The third-order valence-electron chi connectivity index (χ3n) is 2.92. The van der Waals surface area contributed by atoms with Crippen molar-refractivity contribution in [3.63, 3.8) is 0 Å². The normalized spacial score (nSPS) is 10.9. The Hall–Kier alpha value is -2.08. The lowest BCUT2D eigenvalue weighted by molar-refractivity contribution is -0.139. The number of amides is 1. The van der Waals surface area contributed by atoms with E-state index in [0.717, 1.165) is 0 Å². The van der Waals surface area contributed by atoms with Gasteiger partial charge in [-0.15, -0.1) is 0 Å². The number of hydrogen-bond acceptors (Lipinski definition) is 4. The van der Waals surface area contributed by atoms with E-state index in [4.69, 9.17) is 16.7 Å². The molecule has 7 heteroatoms. The van der Waals surface area contributed by atoms with Gasteiger partial charge in [-0.3, -0.25) is 9.59 Å². The van der Waals surface area contributed by atoms with Crippen LogP contribution in [-0.2, 0) is 14.3 Å². The van der Waals surface area contributed by atoms with Crippen LogP contribution in [0.5, 0.6) is 0 Å². The smallest absolute Gasteiger partial charge is 0.339 e. The zero-order valence-electron chi connectivity index (χ0n) is 12.6. The summed E-state index contributed by atoms with van der Waals surface area (Å²) in [4.78, 5) is 34.3. The van der Waals surface area contributed by atoms with E-state index in [-0.39, 0.29) is 29.3 Å². The van der Waals surface area contributed by atoms with E-state index in [2.05, 4.69) is 10.1 Å². The van der Waals surface area contributed by atoms with Crippen molar-refractivity contribution in [2.75, 3.05) is 12.4 Å². The number of halogens is 1. The summed E-state index contributed by atoms with van der Waals surface area (Å²) in [5, 5.41) is 11.6. The van der Waals surface area contributed by atoms with Crippen molar-refractivity contribution in [3.8, 4) is 0 Å². The van der Waals surface area contributed by atoms with Gasteiger partial charge in [-0.1, -0.05) is 25.4 Å². The average Bonchev–Trinajstić information content (AvgIpc) is 2.37. The highest BCUT2D eigenvalue weighted by molar-refractivity contribution is 6.33. The number of nitrogens with one attached hydrogen (secondary N) is 1. The van der Waals surface area contributed by atoms with Crippen LogP contribution in [0.1, 0.15) is 37.0 Å². The van der Waals surface area contributed by atoms with Crippen LogP contribution in [0.3, 0.4) is 0 Å². The Balaban J connectivity index is 2.81. The number of hydrogen-bond donors (Lipinski definition) is 2. The van der Waals surface area contributed by atoms with Gasteiger partial charge in [-0.25, -0.2) is 4.79 Å². The first kappa shape index (κ1) is 18.0. The Morgan fingerprint density at radius 3 is 2.45 bits per heavy atom. The summed E-state index contributed by atoms with van der Waals surface area (Å²) in [6, 6.07) is 4.44. The van der Waals surface area contributed by atoms with Gasteiger partial charge in [0.2, 0.25) is 5.91 Å². The van der Waals surface area contributed by atoms with Gasteiger partial charge >= 0.3 is 11.9 Å². The Morgan fingerprint density at radius 1 is 1.27 bits per heavy atom. The van der Waals surface area contributed by atoms with Crippen LogP contribution in [0.15, 0.2) is 18.2 Å². The predicted molar refractivity (Wildman–Crippen MR) is 82.1 cm³/mol. The van der Waals surface area contributed by atoms with Gasteiger partial charge in [0.05, 0.1) is 24.1 Å². The van der Waals surface area contributed by atoms with Crippen LogP contribution in [0, 0.1) is 5.41 Å². The second-order valence-electron chi connectivity index (χ2n) is 5.65. The zero-order valence-corrected chi connectivity index (χ0v) is 13.4. The van der Waals surface area contributed by atoms with Gasteiger partial charge < -0.3 is 15.2 Å². The maximum absolute atomic E-state index is 12.0. The Bertz CT molecular complexity index is 598. The third-order valence-corrected chi connectivity index (χ3v) is 3.25. The molecule has 0 heterocycles. The number of carbonyl (C=O) groups is 3. The number of aliphatic carboxylic acids is 1. The van der Waals surface area contributed by atoms with E-state index in [1.165, 1.54) is 19.2 Å². The highest BCUT2D eigenvalue weighted by atomic mass is 35.5. The van der Waals surface area contributed by atoms with Crippen LogP contribution in [-0.4, -0.2) is 30.1 Å². The second kappa shape index (κ2) is 7.26. The average molecular weight is 328 g/mol. The lowest BCUT2D eigenvalue weighted by Gasteiger charge is -2.21. The summed E-state index contributed by atoms with van der Waals surface area (Å²) in [6.07, 6.45) is -0.0794. The van der Waals surface area contributed by atoms with Gasteiger partial charge in [0.15, 0.2) is 0 Å². The van der Waals surface area contributed by atoms with Crippen LogP contribution < -0.4 is 5.32 Å². The first-order chi connectivity index (χ1) is 10.1. The van der Waals surface area contributed by atoms with Gasteiger partial charge in [-0.05, 0) is 23.6 Å². The maximum atomic E-state index is 12.0. The number of methoxy groups -OCH3 is 1. The largest absolute Gasteiger partial charge is 0.481 e. The van der Waals surface area contributed by atoms with Crippen molar-refractivity contribution in [3.05, 3.63) is 28.8 Å². The highest BCUT2D eigenvalue weighted by Gasteiger charge is 2.25. The van der Waals surface area contributed by atoms with Crippen molar-refractivity contribution in [2.24, 2.45) is 5.41 Å². The van der Waals surface area contributed by atoms with E-state index in [1.54, 1.807) is 19.9 Å². The molecule has 1 aromatic carbocycles. The molecule has 1 amide bonds. The number of carbonyl (C=O) groups excluding carboxylic acids is 2. The Morgan fingerprint density at radius 2 is 1.91 bits per heavy atom. The first-order valence-electron chi connectivity index (χ1n) is 6.54. The fourth-order valence-electron chi connectivity index (χ4n) is 1.98. The summed E-state index contributed by atoms with van der Waals surface area (Å²) >= 11 is 5.89. The fourth-order valence-corrected chi connectivity index (χ4v) is 2.18. The summed E-state index contributed by atoms with van der Waals surface area (Å²) in [5.41, 5.74) is -0.138. The standard InChI is InChI=1S/C15H18ClNO5/c1-15(2,8-13(19)20)7-12(18)17-9-4-5-11(16)10(6-9)14(21)22-3/h4-6H,7-8H2,1-3H3,(H,17,18)(H,19,20). The molecule has 1 rings (SSSR count). The van der Waals surface area contributed by atoms with E-state index >= 15 is 0 Å². The molecule has 0 atom stereocenters. The molecule has 1 aromatic rings. The van der Waals surface area contributed by atoms with Crippen LogP contribution in [0.25, 0.3) is 0 Å².